The van der Waals surface area contributed by atoms with Gasteiger partial charge < -0.3 is 0 Å². The maximum atomic E-state index is 11.8. The Morgan fingerprint density at radius 2 is 1.05 bits per heavy atom. The van der Waals surface area contributed by atoms with Crippen LogP contribution in [0.15, 0.2) is 60.7 Å². The normalized spacial score (nSPS) is 12.0. The summed E-state index contributed by atoms with van der Waals surface area (Å²) < 4.78 is 28.7. The van der Waals surface area contributed by atoms with E-state index >= 15 is 0 Å². The van der Waals surface area contributed by atoms with E-state index in [4.69, 9.17) is 4.31 Å². The smallest absolute Gasteiger partial charge is 0.0622 e. The molecule has 0 N–H and O–H groups in total. The monoisotopic (exact) mass is 320 g/mol. The summed E-state index contributed by atoms with van der Waals surface area (Å²) in [6.07, 6.45) is 2.17. The fourth-order valence-electron chi connectivity index (χ4n) is 1.91. The van der Waals surface area contributed by atoms with Gasteiger partial charge >= 0.3 is 16.1 Å². The third-order valence-electron chi connectivity index (χ3n) is 3.03. The van der Waals surface area contributed by atoms with E-state index in [9.17, 15) is 9.13 Å². The van der Waals surface area contributed by atoms with Crippen molar-refractivity contribution in [3.8, 4) is 0 Å². The first kappa shape index (κ1) is 16.0. The standard InChI is InChI=1S/C16H18O3P2/c17-20(13-11-15-7-3-1-4-8-15)19-21(18)14-12-16-9-5-2-6-10-16/h1-10H,11-14H2/q+2. The van der Waals surface area contributed by atoms with Crippen LogP contribution in [0, 0.1) is 0 Å². The molecule has 0 radical (unpaired) electrons. The minimum Gasteiger partial charge on any atom is -0.0622 e. The molecule has 2 unspecified atom stereocenters. The first-order valence-corrected chi connectivity index (χ1v) is 9.62. The minimum atomic E-state index is -1.86. The average molecular weight is 320 g/mol. The zero-order chi connectivity index (χ0) is 14.9. The van der Waals surface area contributed by atoms with Gasteiger partial charge in [-0.3, -0.25) is 0 Å². The van der Waals surface area contributed by atoms with Gasteiger partial charge in [0.1, 0.15) is 4.31 Å². The molecule has 0 saturated carbocycles. The Kier molecular flexibility index (Phi) is 6.69. The molecule has 2 rings (SSSR count). The summed E-state index contributed by atoms with van der Waals surface area (Å²) in [5.41, 5.74) is 2.23. The molecule has 2 aromatic carbocycles. The van der Waals surface area contributed by atoms with Crippen LogP contribution in [0.1, 0.15) is 11.1 Å². The maximum absolute atomic E-state index is 11.8. The van der Waals surface area contributed by atoms with Crippen LogP contribution in [0.3, 0.4) is 0 Å². The number of rotatable bonds is 8. The fourth-order valence-corrected chi connectivity index (χ4v) is 4.26. The van der Waals surface area contributed by atoms with Crippen LogP contribution in [0.2, 0.25) is 0 Å². The van der Waals surface area contributed by atoms with Crippen molar-refractivity contribution >= 4 is 16.1 Å². The highest BCUT2D eigenvalue weighted by molar-refractivity contribution is 7.53. The van der Waals surface area contributed by atoms with Crippen molar-refractivity contribution in [3.63, 3.8) is 0 Å². The van der Waals surface area contributed by atoms with E-state index in [1.807, 2.05) is 60.7 Å². The van der Waals surface area contributed by atoms with E-state index in [2.05, 4.69) is 0 Å². The summed E-state index contributed by atoms with van der Waals surface area (Å²) in [7, 11) is -3.72. The van der Waals surface area contributed by atoms with E-state index in [0.29, 0.717) is 25.2 Å². The second-order valence-electron chi connectivity index (χ2n) is 4.67. The third kappa shape index (κ3) is 6.27. The van der Waals surface area contributed by atoms with Crippen LogP contribution >= 0.6 is 16.1 Å². The Hall–Kier alpha value is -1.40. The SMILES string of the molecule is O=[P+](CCc1ccccc1)O[P+](=O)CCc1ccccc1. The van der Waals surface area contributed by atoms with Crippen molar-refractivity contribution in [2.75, 3.05) is 12.3 Å². The Morgan fingerprint density at radius 1 is 0.667 bits per heavy atom. The molecular formula is C16H18O3P2+2. The van der Waals surface area contributed by atoms with Crippen molar-refractivity contribution < 1.29 is 13.4 Å². The molecule has 0 aliphatic carbocycles. The van der Waals surface area contributed by atoms with Gasteiger partial charge in [-0.2, -0.15) is 0 Å². The highest BCUT2D eigenvalue weighted by Gasteiger charge is 2.33. The largest absolute Gasteiger partial charge is 0.561 e. The Bertz CT molecular complexity index is 531. The van der Waals surface area contributed by atoms with Gasteiger partial charge in [0, 0.05) is 12.8 Å². The molecule has 21 heavy (non-hydrogen) atoms. The zero-order valence-electron chi connectivity index (χ0n) is 11.7. The number of aryl methyl sites for hydroxylation is 2. The summed E-state index contributed by atoms with van der Waals surface area (Å²) >= 11 is 0. The molecular weight excluding hydrogens is 302 g/mol. The molecule has 0 saturated heterocycles. The molecule has 5 heteroatoms. The lowest BCUT2D eigenvalue weighted by Gasteiger charge is -1.93. The first-order chi connectivity index (χ1) is 10.2. The first-order valence-electron chi connectivity index (χ1n) is 6.89. The van der Waals surface area contributed by atoms with Gasteiger partial charge in [0.15, 0.2) is 12.3 Å². The number of benzene rings is 2. The van der Waals surface area contributed by atoms with Crippen molar-refractivity contribution in [2.45, 2.75) is 12.8 Å². The Labute approximate surface area is 127 Å². The summed E-state index contributed by atoms with van der Waals surface area (Å²) in [5, 5.41) is 0. The van der Waals surface area contributed by atoms with E-state index in [1.54, 1.807) is 0 Å². The molecule has 0 aliphatic heterocycles. The van der Waals surface area contributed by atoms with E-state index < -0.39 is 16.1 Å². The second kappa shape index (κ2) is 8.79. The van der Waals surface area contributed by atoms with Crippen molar-refractivity contribution in [2.24, 2.45) is 0 Å². The summed E-state index contributed by atoms with van der Waals surface area (Å²) in [6, 6.07) is 19.6. The van der Waals surface area contributed by atoms with Crippen molar-refractivity contribution in [1.29, 1.82) is 0 Å². The van der Waals surface area contributed by atoms with Crippen molar-refractivity contribution in [1.82, 2.24) is 0 Å². The van der Waals surface area contributed by atoms with Gasteiger partial charge in [-0.15, -0.1) is 0 Å². The molecule has 2 atom stereocenters. The van der Waals surface area contributed by atoms with Gasteiger partial charge in [-0.25, -0.2) is 0 Å². The summed E-state index contributed by atoms with van der Waals surface area (Å²) in [5.74, 6) is 0. The molecule has 0 fully saturated rings. The highest BCUT2D eigenvalue weighted by atomic mass is 31.2. The van der Waals surface area contributed by atoms with Gasteiger partial charge in [0.25, 0.3) is 0 Å². The number of hydrogen-bond donors (Lipinski definition) is 0. The number of hydrogen-bond acceptors (Lipinski definition) is 3. The lowest BCUT2D eigenvalue weighted by atomic mass is 10.2. The summed E-state index contributed by atoms with van der Waals surface area (Å²) in [4.78, 5) is 0. The van der Waals surface area contributed by atoms with Crippen LogP contribution in [-0.2, 0) is 26.3 Å². The minimum absolute atomic E-state index is 0.408. The van der Waals surface area contributed by atoms with Crippen LogP contribution in [0.25, 0.3) is 0 Å². The van der Waals surface area contributed by atoms with E-state index in [0.717, 1.165) is 11.1 Å². The van der Waals surface area contributed by atoms with Crippen LogP contribution in [0.5, 0.6) is 0 Å². The quantitative estimate of drug-likeness (QED) is 0.645. The Balaban J connectivity index is 1.69. The molecule has 0 bridgehead atoms. The van der Waals surface area contributed by atoms with Crippen molar-refractivity contribution in [3.05, 3.63) is 71.8 Å². The van der Waals surface area contributed by atoms with Gasteiger partial charge in [0.2, 0.25) is 0 Å². The molecule has 0 spiro atoms. The lowest BCUT2D eigenvalue weighted by molar-refractivity contribution is 0.487. The van der Waals surface area contributed by atoms with E-state index in [-0.39, 0.29) is 0 Å². The zero-order valence-corrected chi connectivity index (χ0v) is 13.5. The lowest BCUT2D eigenvalue weighted by Crippen LogP contribution is -1.90. The molecule has 0 aromatic heterocycles. The summed E-state index contributed by atoms with van der Waals surface area (Å²) in [6.45, 7) is 0. The van der Waals surface area contributed by atoms with Crippen LogP contribution < -0.4 is 0 Å². The molecule has 108 valence electrons. The highest BCUT2D eigenvalue weighted by Crippen LogP contribution is 2.38. The van der Waals surface area contributed by atoms with Crippen LogP contribution in [0.4, 0.5) is 0 Å². The fraction of sp³-hybridized carbons (Fsp3) is 0.250. The van der Waals surface area contributed by atoms with Crippen LogP contribution in [-0.4, -0.2) is 12.3 Å². The molecule has 0 heterocycles. The maximum Gasteiger partial charge on any atom is 0.561 e. The Morgan fingerprint density at radius 3 is 1.43 bits per heavy atom. The predicted octanol–water partition coefficient (Wildman–Crippen LogP) is 4.97. The predicted molar refractivity (Wildman–Crippen MR) is 86.3 cm³/mol. The molecule has 2 aromatic rings. The topological polar surface area (TPSA) is 43.4 Å². The molecule has 3 nitrogen and oxygen atoms in total. The van der Waals surface area contributed by atoms with E-state index in [1.165, 1.54) is 0 Å². The third-order valence-corrected chi connectivity index (χ3v) is 5.67. The van der Waals surface area contributed by atoms with Gasteiger partial charge in [0.05, 0.1) is 0 Å². The molecule has 0 aliphatic rings. The second-order valence-corrected chi connectivity index (χ2v) is 7.54. The average Bonchev–Trinajstić information content (AvgIpc) is 2.53. The van der Waals surface area contributed by atoms with Gasteiger partial charge in [-0.1, -0.05) is 60.7 Å². The molecule has 0 amide bonds. The van der Waals surface area contributed by atoms with Gasteiger partial charge in [-0.05, 0) is 20.3 Å².